The van der Waals surface area contributed by atoms with Gasteiger partial charge in [0.05, 0.1) is 24.3 Å². The van der Waals surface area contributed by atoms with Crippen molar-refractivity contribution in [1.29, 1.82) is 0 Å². The quantitative estimate of drug-likeness (QED) is 0.634. The Balaban J connectivity index is 2.84. The van der Waals surface area contributed by atoms with Gasteiger partial charge in [-0.05, 0) is 19.8 Å². The van der Waals surface area contributed by atoms with Crippen molar-refractivity contribution in [1.82, 2.24) is 4.72 Å². The van der Waals surface area contributed by atoms with Gasteiger partial charge in [0.25, 0.3) is 0 Å². The fourth-order valence-electron chi connectivity index (χ4n) is 2.11. The van der Waals surface area contributed by atoms with Crippen LogP contribution in [-0.4, -0.2) is 38.7 Å². The number of sulfonamides is 1. The highest BCUT2D eigenvalue weighted by Crippen LogP contribution is 2.31. The summed E-state index contributed by atoms with van der Waals surface area (Å²) in [5.74, 6) is -1.96. The number of hydrogen-bond donors (Lipinski definition) is 2. The molecule has 1 aliphatic carbocycles. The van der Waals surface area contributed by atoms with Gasteiger partial charge in [-0.1, -0.05) is 6.42 Å². The Hall–Kier alpha value is -1.15. The third-order valence-corrected chi connectivity index (χ3v) is 5.17. The molecule has 0 aromatic carbocycles. The Labute approximate surface area is 106 Å². The number of amides is 1. The lowest BCUT2D eigenvalue weighted by Gasteiger charge is -2.20. The Kier molecular flexibility index (Phi) is 4.69. The molecule has 0 aromatic heterocycles. The molecule has 0 aromatic rings. The molecule has 8 heteroatoms. The molecule has 3 unspecified atom stereocenters. The zero-order valence-corrected chi connectivity index (χ0v) is 11.2. The number of ether oxygens (including phenoxy) is 1. The van der Waals surface area contributed by atoms with E-state index in [0.29, 0.717) is 19.3 Å². The van der Waals surface area contributed by atoms with Crippen molar-refractivity contribution in [2.24, 2.45) is 11.7 Å². The third kappa shape index (κ3) is 3.20. The zero-order valence-electron chi connectivity index (χ0n) is 10.4. The number of rotatable bonds is 5. The maximum Gasteiger partial charge on any atom is 0.310 e. The first-order valence-electron chi connectivity index (χ1n) is 5.68. The van der Waals surface area contributed by atoms with Crippen LogP contribution in [-0.2, 0) is 24.3 Å². The lowest BCUT2D eigenvalue weighted by Crippen LogP contribution is -2.47. The number of hydrogen-bond acceptors (Lipinski definition) is 5. The van der Waals surface area contributed by atoms with Crippen molar-refractivity contribution in [3.05, 3.63) is 0 Å². The van der Waals surface area contributed by atoms with Crippen LogP contribution in [0.1, 0.15) is 26.2 Å². The molecule has 1 rings (SSSR count). The summed E-state index contributed by atoms with van der Waals surface area (Å²) < 4.78 is 30.9. The molecule has 1 aliphatic rings. The molecule has 0 bridgehead atoms. The molecule has 1 fully saturated rings. The third-order valence-electron chi connectivity index (χ3n) is 3.12. The van der Waals surface area contributed by atoms with Gasteiger partial charge in [0.2, 0.25) is 15.9 Å². The molecule has 0 aliphatic heterocycles. The summed E-state index contributed by atoms with van der Waals surface area (Å²) in [6, 6.07) is -0.992. The Morgan fingerprint density at radius 3 is 2.50 bits per heavy atom. The minimum Gasteiger partial charge on any atom is -0.469 e. The van der Waals surface area contributed by atoms with Gasteiger partial charge in [0, 0.05) is 0 Å². The van der Waals surface area contributed by atoms with E-state index < -0.39 is 39.1 Å². The summed E-state index contributed by atoms with van der Waals surface area (Å²) >= 11 is 0. The van der Waals surface area contributed by atoms with Gasteiger partial charge in [-0.3, -0.25) is 9.59 Å². The van der Waals surface area contributed by atoms with Gasteiger partial charge in [-0.15, -0.1) is 0 Å². The van der Waals surface area contributed by atoms with Crippen LogP contribution in [0.25, 0.3) is 0 Å². The molecule has 18 heavy (non-hydrogen) atoms. The van der Waals surface area contributed by atoms with Crippen molar-refractivity contribution in [3.63, 3.8) is 0 Å². The first-order valence-corrected chi connectivity index (χ1v) is 7.22. The van der Waals surface area contributed by atoms with Crippen LogP contribution in [0.4, 0.5) is 0 Å². The van der Waals surface area contributed by atoms with Crippen LogP contribution in [0.3, 0.4) is 0 Å². The summed E-state index contributed by atoms with van der Waals surface area (Å²) in [5, 5.41) is -0.855. The van der Waals surface area contributed by atoms with Crippen molar-refractivity contribution in [2.45, 2.75) is 37.5 Å². The largest absolute Gasteiger partial charge is 0.469 e. The van der Waals surface area contributed by atoms with Crippen LogP contribution in [0, 0.1) is 5.92 Å². The molecular formula is C10H18N2O5S. The van der Waals surface area contributed by atoms with Crippen LogP contribution in [0.5, 0.6) is 0 Å². The maximum atomic E-state index is 12.1. The van der Waals surface area contributed by atoms with E-state index in [-0.39, 0.29) is 0 Å². The van der Waals surface area contributed by atoms with Gasteiger partial charge in [0.15, 0.2) is 0 Å². The summed E-state index contributed by atoms with van der Waals surface area (Å²) in [4.78, 5) is 22.4. The molecule has 7 nitrogen and oxygen atoms in total. The average molecular weight is 278 g/mol. The number of methoxy groups -OCH3 is 1. The number of esters is 1. The van der Waals surface area contributed by atoms with Crippen LogP contribution < -0.4 is 10.5 Å². The van der Waals surface area contributed by atoms with E-state index in [2.05, 4.69) is 9.46 Å². The first kappa shape index (κ1) is 14.9. The second kappa shape index (κ2) is 5.66. The lowest BCUT2D eigenvalue weighted by molar-refractivity contribution is -0.145. The molecule has 1 amide bonds. The van der Waals surface area contributed by atoms with E-state index in [1.165, 1.54) is 14.0 Å². The van der Waals surface area contributed by atoms with Gasteiger partial charge in [-0.2, -0.15) is 0 Å². The second-order valence-corrected chi connectivity index (χ2v) is 6.32. The number of nitrogens with two attached hydrogens (primary N) is 1. The number of carbonyl (C=O) groups excluding carboxylic acids is 2. The zero-order chi connectivity index (χ0) is 13.9. The minimum atomic E-state index is -3.76. The van der Waals surface area contributed by atoms with E-state index in [4.69, 9.17) is 5.73 Å². The smallest absolute Gasteiger partial charge is 0.310 e. The Bertz CT molecular complexity index is 434. The van der Waals surface area contributed by atoms with Gasteiger partial charge < -0.3 is 10.5 Å². The monoisotopic (exact) mass is 278 g/mol. The Morgan fingerprint density at radius 1 is 1.39 bits per heavy atom. The van der Waals surface area contributed by atoms with Crippen molar-refractivity contribution in [3.8, 4) is 0 Å². The fraction of sp³-hybridized carbons (Fsp3) is 0.800. The Morgan fingerprint density at radius 2 is 2.00 bits per heavy atom. The normalized spacial score (nSPS) is 25.7. The maximum absolute atomic E-state index is 12.1. The van der Waals surface area contributed by atoms with Crippen LogP contribution >= 0.6 is 0 Å². The number of nitrogens with one attached hydrogen (secondary N) is 1. The van der Waals surface area contributed by atoms with E-state index in [0.717, 1.165) is 0 Å². The summed E-state index contributed by atoms with van der Waals surface area (Å²) in [6.45, 7) is 1.36. The highest BCUT2D eigenvalue weighted by molar-refractivity contribution is 7.90. The van der Waals surface area contributed by atoms with Crippen LogP contribution in [0.2, 0.25) is 0 Å². The minimum absolute atomic E-state index is 0.376. The second-order valence-electron chi connectivity index (χ2n) is 4.39. The fourth-order valence-corrected chi connectivity index (χ4v) is 4.05. The predicted octanol–water partition coefficient (Wildman–Crippen LogP) is -0.879. The number of primary amides is 1. The highest BCUT2D eigenvalue weighted by Gasteiger charge is 2.42. The predicted molar refractivity (Wildman–Crippen MR) is 63.9 cm³/mol. The molecule has 0 saturated heterocycles. The van der Waals surface area contributed by atoms with E-state index >= 15 is 0 Å². The molecule has 0 radical (unpaired) electrons. The van der Waals surface area contributed by atoms with Gasteiger partial charge in [-0.25, -0.2) is 13.1 Å². The molecule has 3 atom stereocenters. The van der Waals surface area contributed by atoms with Gasteiger partial charge in [0.1, 0.15) is 0 Å². The number of carbonyl (C=O) groups is 2. The molecule has 104 valence electrons. The van der Waals surface area contributed by atoms with E-state index in [1.807, 2.05) is 0 Å². The molecule has 1 saturated carbocycles. The van der Waals surface area contributed by atoms with E-state index in [1.54, 1.807) is 0 Å². The molecule has 0 heterocycles. The lowest BCUT2D eigenvalue weighted by atomic mass is 10.1. The average Bonchev–Trinajstić information content (AvgIpc) is 2.76. The summed E-state index contributed by atoms with van der Waals surface area (Å²) in [7, 11) is -2.53. The summed E-state index contributed by atoms with van der Waals surface area (Å²) in [6.07, 6.45) is 1.49. The first-order chi connectivity index (χ1) is 8.29. The van der Waals surface area contributed by atoms with Crippen molar-refractivity contribution < 1.29 is 22.7 Å². The standard InChI is InChI=1S/C10H18N2O5S/c1-6(9(11)13)12-18(15,16)8-5-3-4-7(8)10(14)17-2/h6-8,12H,3-5H2,1-2H3,(H2,11,13). The topological polar surface area (TPSA) is 116 Å². The molecule has 3 N–H and O–H groups in total. The molecular weight excluding hydrogens is 260 g/mol. The van der Waals surface area contributed by atoms with Crippen molar-refractivity contribution in [2.75, 3.05) is 7.11 Å². The highest BCUT2D eigenvalue weighted by atomic mass is 32.2. The van der Waals surface area contributed by atoms with Crippen LogP contribution in [0.15, 0.2) is 0 Å². The van der Waals surface area contributed by atoms with Crippen molar-refractivity contribution >= 4 is 21.9 Å². The van der Waals surface area contributed by atoms with E-state index in [9.17, 15) is 18.0 Å². The SMILES string of the molecule is COC(=O)C1CCCC1S(=O)(=O)NC(C)C(N)=O. The molecule has 0 spiro atoms. The van der Waals surface area contributed by atoms with Gasteiger partial charge >= 0.3 is 5.97 Å². The summed E-state index contributed by atoms with van der Waals surface area (Å²) in [5.41, 5.74) is 5.00.